The molecule has 39 heavy (non-hydrogen) atoms. The van der Waals surface area contributed by atoms with Crippen LogP contribution >= 0.6 is 0 Å². The minimum absolute atomic E-state index is 0.0649. The molecular formula is C30H33F2N3O4. The summed E-state index contributed by atoms with van der Waals surface area (Å²) in [4.78, 5) is 17.5. The normalized spacial score (nSPS) is 16.7. The number of alkyl halides is 2. The number of phenols is 1. The molecule has 5 rings (SSSR count). The van der Waals surface area contributed by atoms with E-state index in [-0.39, 0.29) is 24.0 Å². The molecule has 2 aliphatic heterocycles. The van der Waals surface area contributed by atoms with Crippen molar-refractivity contribution in [1.29, 1.82) is 0 Å². The largest absolute Gasteiger partial charge is 0.507 e. The van der Waals surface area contributed by atoms with Crippen LogP contribution in [0.5, 0.6) is 11.5 Å². The SMILES string of the molecule is CN(C)Cc1cc2c(c(N[C@H]3CCOC3)c1)CN(C(=O)c1c(O)cc(C(F)F)cc1OCc1ccccc1)C2. The molecule has 0 aliphatic carbocycles. The highest BCUT2D eigenvalue weighted by Crippen LogP contribution is 2.38. The van der Waals surface area contributed by atoms with E-state index >= 15 is 0 Å². The highest BCUT2D eigenvalue weighted by atomic mass is 19.3. The molecule has 1 saturated heterocycles. The van der Waals surface area contributed by atoms with Crippen LogP contribution in [0, 0.1) is 0 Å². The van der Waals surface area contributed by atoms with Crippen molar-refractivity contribution >= 4 is 11.6 Å². The number of anilines is 1. The van der Waals surface area contributed by atoms with E-state index in [9.17, 15) is 18.7 Å². The molecule has 2 heterocycles. The Bertz CT molecular complexity index is 1330. The highest BCUT2D eigenvalue weighted by molar-refractivity contribution is 6.00. The molecule has 0 spiro atoms. The van der Waals surface area contributed by atoms with Crippen LogP contribution in [0.4, 0.5) is 14.5 Å². The lowest BCUT2D eigenvalue weighted by molar-refractivity contribution is 0.0742. The number of amides is 1. The summed E-state index contributed by atoms with van der Waals surface area (Å²) in [6, 6.07) is 15.7. The maximum atomic E-state index is 13.8. The van der Waals surface area contributed by atoms with Gasteiger partial charge in [0.05, 0.1) is 12.6 Å². The van der Waals surface area contributed by atoms with E-state index in [1.54, 1.807) is 4.90 Å². The summed E-state index contributed by atoms with van der Waals surface area (Å²) >= 11 is 0. The number of halogens is 2. The van der Waals surface area contributed by atoms with E-state index in [4.69, 9.17) is 9.47 Å². The molecule has 3 aromatic carbocycles. The summed E-state index contributed by atoms with van der Waals surface area (Å²) in [5.74, 6) is -1.06. The highest BCUT2D eigenvalue weighted by Gasteiger charge is 2.32. The van der Waals surface area contributed by atoms with Crippen LogP contribution in [0.2, 0.25) is 0 Å². The Balaban J connectivity index is 1.44. The first-order valence-electron chi connectivity index (χ1n) is 13.0. The van der Waals surface area contributed by atoms with Gasteiger partial charge in [-0.2, -0.15) is 0 Å². The number of nitrogens with zero attached hydrogens (tertiary/aromatic N) is 2. The molecule has 0 radical (unpaired) electrons. The number of benzene rings is 3. The second-order valence-electron chi connectivity index (χ2n) is 10.4. The number of carbonyl (C=O) groups is 1. The third-order valence-electron chi connectivity index (χ3n) is 6.99. The standard InChI is InChI=1S/C30H33F2N3O4/c1-34(2)14-20-10-22-15-35(16-24(22)25(11-20)33-23-8-9-38-18-23)30(37)28-26(36)12-21(29(31)32)13-27(28)39-17-19-6-4-3-5-7-19/h3-7,10-13,23,29,33,36H,8-9,14-18H2,1-2H3/t23-/m0/s1. The van der Waals surface area contributed by atoms with Gasteiger partial charge in [0.15, 0.2) is 0 Å². The Labute approximate surface area is 226 Å². The first-order chi connectivity index (χ1) is 18.8. The zero-order valence-corrected chi connectivity index (χ0v) is 22.1. The van der Waals surface area contributed by atoms with Crippen molar-refractivity contribution < 1.29 is 28.2 Å². The second kappa shape index (κ2) is 11.6. The maximum Gasteiger partial charge on any atom is 0.264 e. The topological polar surface area (TPSA) is 74.3 Å². The summed E-state index contributed by atoms with van der Waals surface area (Å²) in [5, 5.41) is 14.4. The van der Waals surface area contributed by atoms with E-state index in [1.165, 1.54) is 0 Å². The second-order valence-corrected chi connectivity index (χ2v) is 10.4. The maximum absolute atomic E-state index is 13.8. The molecule has 2 aliphatic rings. The van der Waals surface area contributed by atoms with Crippen LogP contribution in [-0.2, 0) is 31.0 Å². The molecule has 9 heteroatoms. The van der Waals surface area contributed by atoms with Gasteiger partial charge in [-0.25, -0.2) is 8.78 Å². The molecule has 206 valence electrons. The number of phenolic OH excluding ortho intramolecular Hbond substituents is 1. The summed E-state index contributed by atoms with van der Waals surface area (Å²) in [5.41, 5.74) is 4.39. The Morgan fingerprint density at radius 2 is 1.95 bits per heavy atom. The molecule has 7 nitrogen and oxygen atoms in total. The Hall–Kier alpha value is -3.69. The zero-order valence-electron chi connectivity index (χ0n) is 22.1. The van der Waals surface area contributed by atoms with Gasteiger partial charge < -0.3 is 29.7 Å². The van der Waals surface area contributed by atoms with Gasteiger partial charge in [-0.05, 0) is 61.0 Å². The summed E-state index contributed by atoms with van der Waals surface area (Å²) in [6.07, 6.45) is -1.92. The molecule has 0 saturated carbocycles. The van der Waals surface area contributed by atoms with Crippen molar-refractivity contribution in [2.75, 3.05) is 32.6 Å². The van der Waals surface area contributed by atoms with Crippen LogP contribution in [0.25, 0.3) is 0 Å². The number of ether oxygens (including phenoxy) is 2. The van der Waals surface area contributed by atoms with Crippen molar-refractivity contribution in [3.63, 3.8) is 0 Å². The van der Waals surface area contributed by atoms with Crippen molar-refractivity contribution in [3.8, 4) is 11.5 Å². The number of hydrogen-bond donors (Lipinski definition) is 2. The molecule has 1 amide bonds. The Kier molecular flexibility index (Phi) is 7.99. The molecule has 1 fully saturated rings. The van der Waals surface area contributed by atoms with Crippen molar-refractivity contribution in [3.05, 3.63) is 88.0 Å². The molecule has 2 N–H and O–H groups in total. The predicted octanol–water partition coefficient (Wildman–Crippen LogP) is 5.33. The molecular weight excluding hydrogens is 504 g/mol. The van der Waals surface area contributed by atoms with E-state index in [1.807, 2.05) is 44.4 Å². The van der Waals surface area contributed by atoms with Gasteiger partial charge in [-0.15, -0.1) is 0 Å². The summed E-state index contributed by atoms with van der Waals surface area (Å²) in [7, 11) is 4.01. The van der Waals surface area contributed by atoms with Gasteiger partial charge in [0.2, 0.25) is 0 Å². The average Bonchev–Trinajstić information content (AvgIpc) is 3.57. The van der Waals surface area contributed by atoms with Crippen LogP contribution < -0.4 is 10.1 Å². The van der Waals surface area contributed by atoms with Gasteiger partial charge in [-0.1, -0.05) is 36.4 Å². The van der Waals surface area contributed by atoms with Crippen LogP contribution in [0.3, 0.4) is 0 Å². The smallest absolute Gasteiger partial charge is 0.264 e. The minimum atomic E-state index is -2.82. The monoisotopic (exact) mass is 537 g/mol. The van der Waals surface area contributed by atoms with E-state index in [0.717, 1.165) is 53.0 Å². The van der Waals surface area contributed by atoms with Crippen LogP contribution in [0.1, 0.15) is 51.0 Å². The Morgan fingerprint density at radius 3 is 2.64 bits per heavy atom. The van der Waals surface area contributed by atoms with E-state index in [0.29, 0.717) is 26.3 Å². The first kappa shape index (κ1) is 26.9. The van der Waals surface area contributed by atoms with Crippen LogP contribution in [0.15, 0.2) is 54.6 Å². The molecule has 0 unspecified atom stereocenters. The third kappa shape index (κ3) is 6.15. The first-order valence-corrected chi connectivity index (χ1v) is 13.0. The van der Waals surface area contributed by atoms with Gasteiger partial charge >= 0.3 is 0 Å². The minimum Gasteiger partial charge on any atom is -0.507 e. The third-order valence-corrected chi connectivity index (χ3v) is 6.99. The predicted molar refractivity (Wildman–Crippen MR) is 144 cm³/mol. The number of rotatable bonds is 9. The lowest BCUT2D eigenvalue weighted by Gasteiger charge is -2.20. The van der Waals surface area contributed by atoms with Crippen molar-refractivity contribution in [1.82, 2.24) is 9.80 Å². The fourth-order valence-electron chi connectivity index (χ4n) is 5.15. The number of fused-ring (bicyclic) bond motifs is 1. The lowest BCUT2D eigenvalue weighted by Crippen LogP contribution is -2.26. The fourth-order valence-corrected chi connectivity index (χ4v) is 5.15. The summed E-state index contributed by atoms with van der Waals surface area (Å²) < 4.78 is 38.5. The quantitative estimate of drug-likeness (QED) is 0.385. The van der Waals surface area contributed by atoms with Crippen molar-refractivity contribution in [2.24, 2.45) is 0 Å². The van der Waals surface area contributed by atoms with Gasteiger partial charge in [0.1, 0.15) is 23.7 Å². The van der Waals surface area contributed by atoms with E-state index in [2.05, 4.69) is 22.3 Å². The molecule has 1 atom stereocenters. The van der Waals surface area contributed by atoms with Gasteiger partial charge in [0.25, 0.3) is 12.3 Å². The van der Waals surface area contributed by atoms with E-state index < -0.39 is 23.6 Å². The number of carbonyl (C=O) groups excluding carboxylic acids is 1. The fraction of sp³-hybridized carbons (Fsp3) is 0.367. The Morgan fingerprint density at radius 1 is 1.15 bits per heavy atom. The summed E-state index contributed by atoms with van der Waals surface area (Å²) in [6.45, 7) is 2.80. The average molecular weight is 538 g/mol. The lowest BCUT2D eigenvalue weighted by atomic mass is 10.0. The molecule has 3 aromatic rings. The number of nitrogens with one attached hydrogen (secondary N) is 1. The molecule has 0 aromatic heterocycles. The number of hydrogen-bond acceptors (Lipinski definition) is 6. The zero-order chi connectivity index (χ0) is 27.5. The van der Waals surface area contributed by atoms with Gasteiger partial charge in [-0.3, -0.25) is 4.79 Å². The van der Waals surface area contributed by atoms with Crippen LogP contribution in [-0.4, -0.2) is 54.2 Å². The number of aromatic hydroxyl groups is 1. The molecule has 0 bridgehead atoms. The van der Waals surface area contributed by atoms with Crippen molar-refractivity contribution in [2.45, 2.75) is 45.1 Å². The van der Waals surface area contributed by atoms with Gasteiger partial charge in [0, 0.05) is 37.5 Å².